The summed E-state index contributed by atoms with van der Waals surface area (Å²) in [5, 5.41) is 4.33. The monoisotopic (exact) mass is 210 g/mol. The largest absolute Gasteiger partial charge is 0.394 e. The van der Waals surface area contributed by atoms with Crippen molar-refractivity contribution in [1.82, 2.24) is 9.78 Å². The van der Waals surface area contributed by atoms with E-state index in [0.29, 0.717) is 0 Å². The summed E-state index contributed by atoms with van der Waals surface area (Å²) in [6.07, 6.45) is 1.06. The molecule has 1 aromatic heterocycles. The fourth-order valence-corrected chi connectivity index (χ4v) is 1.58. The zero-order valence-corrected chi connectivity index (χ0v) is 10.6. The van der Waals surface area contributed by atoms with E-state index in [2.05, 4.69) is 37.8 Å². The quantitative estimate of drug-likeness (QED) is 0.829. The van der Waals surface area contributed by atoms with Gasteiger partial charge in [-0.15, -0.1) is 0 Å². The van der Waals surface area contributed by atoms with Crippen molar-refractivity contribution >= 4 is 11.5 Å². The molecule has 0 aromatic carbocycles. The Morgan fingerprint density at radius 1 is 1.47 bits per heavy atom. The van der Waals surface area contributed by atoms with Gasteiger partial charge >= 0.3 is 0 Å². The number of nitrogens with two attached hydrogens (primary N) is 1. The molecule has 0 atom stereocenters. The maximum atomic E-state index is 6.03. The highest BCUT2D eigenvalue weighted by Gasteiger charge is 2.26. The Hall–Kier alpha value is -1.19. The van der Waals surface area contributed by atoms with E-state index >= 15 is 0 Å². The fraction of sp³-hybridized carbons (Fsp3) is 0.727. The molecular formula is C11H22N4. The van der Waals surface area contributed by atoms with Gasteiger partial charge in [0.2, 0.25) is 0 Å². The van der Waals surface area contributed by atoms with Crippen LogP contribution < -0.4 is 10.6 Å². The van der Waals surface area contributed by atoms with E-state index in [4.69, 9.17) is 5.73 Å². The minimum absolute atomic E-state index is 0.0916. The Balaban J connectivity index is 3.16. The molecule has 0 aliphatic rings. The van der Waals surface area contributed by atoms with Gasteiger partial charge < -0.3 is 10.6 Å². The van der Waals surface area contributed by atoms with Crippen LogP contribution in [0.4, 0.5) is 11.5 Å². The van der Waals surface area contributed by atoms with E-state index in [1.165, 1.54) is 0 Å². The molecule has 4 nitrogen and oxygen atoms in total. The molecule has 0 saturated carbocycles. The van der Waals surface area contributed by atoms with E-state index in [0.717, 1.165) is 23.6 Å². The second-order valence-corrected chi connectivity index (χ2v) is 4.67. The van der Waals surface area contributed by atoms with Crippen molar-refractivity contribution in [2.24, 2.45) is 7.05 Å². The van der Waals surface area contributed by atoms with E-state index in [9.17, 15) is 0 Å². The Bertz CT molecular complexity index is 352. The topological polar surface area (TPSA) is 47.1 Å². The number of aromatic nitrogens is 2. The minimum atomic E-state index is 0.0916. The summed E-state index contributed by atoms with van der Waals surface area (Å²) >= 11 is 0. The highest BCUT2D eigenvalue weighted by Crippen LogP contribution is 2.30. The molecule has 1 aromatic rings. The Morgan fingerprint density at radius 3 is 2.33 bits per heavy atom. The average molecular weight is 210 g/mol. The van der Waals surface area contributed by atoms with Gasteiger partial charge in [0.15, 0.2) is 5.82 Å². The molecule has 0 aliphatic heterocycles. The zero-order chi connectivity index (χ0) is 11.8. The SMILES string of the molecule is CCC(C)(C)N(C)c1c(N)c(C)nn1C. The van der Waals surface area contributed by atoms with Crippen LogP contribution in [0, 0.1) is 6.92 Å². The van der Waals surface area contributed by atoms with E-state index < -0.39 is 0 Å². The first kappa shape index (κ1) is 11.9. The van der Waals surface area contributed by atoms with Crippen molar-refractivity contribution in [1.29, 1.82) is 0 Å². The summed E-state index contributed by atoms with van der Waals surface area (Å²) in [5.74, 6) is 0.999. The van der Waals surface area contributed by atoms with Crippen LogP contribution in [0.25, 0.3) is 0 Å². The van der Waals surface area contributed by atoms with E-state index in [1.807, 2.05) is 18.7 Å². The molecule has 1 heterocycles. The van der Waals surface area contributed by atoms with Crippen LogP contribution in [0.5, 0.6) is 0 Å². The third-order valence-corrected chi connectivity index (χ3v) is 3.33. The number of nitrogens with zero attached hydrogens (tertiary/aromatic N) is 3. The first-order valence-corrected chi connectivity index (χ1v) is 5.34. The van der Waals surface area contributed by atoms with Gasteiger partial charge in [-0.25, -0.2) is 0 Å². The van der Waals surface area contributed by atoms with Gasteiger partial charge in [0, 0.05) is 19.6 Å². The molecule has 1 rings (SSSR count). The van der Waals surface area contributed by atoms with Gasteiger partial charge in [0.1, 0.15) is 0 Å². The smallest absolute Gasteiger partial charge is 0.150 e. The molecule has 15 heavy (non-hydrogen) atoms. The zero-order valence-electron chi connectivity index (χ0n) is 10.6. The Kier molecular flexibility index (Phi) is 2.98. The van der Waals surface area contributed by atoms with Gasteiger partial charge in [-0.3, -0.25) is 4.68 Å². The lowest BCUT2D eigenvalue weighted by atomic mass is 10.00. The molecule has 0 bridgehead atoms. The minimum Gasteiger partial charge on any atom is -0.394 e. The molecule has 0 fully saturated rings. The molecule has 2 N–H and O–H groups in total. The van der Waals surface area contributed by atoms with E-state index in [-0.39, 0.29) is 5.54 Å². The van der Waals surface area contributed by atoms with Gasteiger partial charge in [-0.2, -0.15) is 5.10 Å². The number of nitrogen functional groups attached to an aromatic ring is 1. The first-order valence-electron chi connectivity index (χ1n) is 5.34. The number of rotatable bonds is 3. The van der Waals surface area contributed by atoms with Crippen molar-refractivity contribution in [3.05, 3.63) is 5.69 Å². The fourth-order valence-electron chi connectivity index (χ4n) is 1.58. The second kappa shape index (κ2) is 3.76. The van der Waals surface area contributed by atoms with Crippen LogP contribution in [0.1, 0.15) is 32.9 Å². The van der Waals surface area contributed by atoms with Crippen molar-refractivity contribution in [2.75, 3.05) is 17.7 Å². The van der Waals surface area contributed by atoms with Crippen LogP contribution in [0.2, 0.25) is 0 Å². The summed E-state index contributed by atoms with van der Waals surface area (Å²) in [4.78, 5) is 2.20. The lowest BCUT2D eigenvalue weighted by Gasteiger charge is -2.36. The molecule has 0 aliphatic carbocycles. The summed E-state index contributed by atoms with van der Waals surface area (Å²) in [5.41, 5.74) is 7.80. The van der Waals surface area contributed by atoms with Gasteiger partial charge in [-0.1, -0.05) is 6.92 Å². The van der Waals surface area contributed by atoms with Crippen LogP contribution in [-0.4, -0.2) is 22.4 Å². The van der Waals surface area contributed by atoms with Gasteiger partial charge in [0.05, 0.1) is 11.4 Å². The lowest BCUT2D eigenvalue weighted by Crippen LogP contribution is -2.41. The lowest BCUT2D eigenvalue weighted by molar-refractivity contribution is 0.461. The summed E-state index contributed by atoms with van der Waals surface area (Å²) in [6, 6.07) is 0. The highest BCUT2D eigenvalue weighted by atomic mass is 15.4. The number of aryl methyl sites for hydroxylation is 2. The molecule has 0 unspecified atom stereocenters. The molecule has 0 spiro atoms. The highest BCUT2D eigenvalue weighted by molar-refractivity contribution is 5.66. The summed E-state index contributed by atoms with van der Waals surface area (Å²) in [7, 11) is 4.00. The summed E-state index contributed by atoms with van der Waals surface area (Å²) < 4.78 is 1.85. The third kappa shape index (κ3) is 1.94. The maximum absolute atomic E-state index is 6.03. The van der Waals surface area contributed by atoms with Crippen molar-refractivity contribution in [3.8, 4) is 0 Å². The predicted molar refractivity (Wildman–Crippen MR) is 65.1 cm³/mol. The average Bonchev–Trinajstić information content (AvgIpc) is 2.40. The van der Waals surface area contributed by atoms with Gasteiger partial charge in [-0.05, 0) is 27.2 Å². The van der Waals surface area contributed by atoms with Crippen molar-refractivity contribution in [3.63, 3.8) is 0 Å². The maximum Gasteiger partial charge on any atom is 0.150 e. The molecular weight excluding hydrogens is 188 g/mol. The molecule has 4 heteroatoms. The van der Waals surface area contributed by atoms with Crippen molar-refractivity contribution < 1.29 is 0 Å². The molecule has 0 radical (unpaired) electrons. The summed E-state index contributed by atoms with van der Waals surface area (Å²) in [6.45, 7) is 8.52. The second-order valence-electron chi connectivity index (χ2n) is 4.67. The van der Waals surface area contributed by atoms with Crippen molar-refractivity contribution in [2.45, 2.75) is 39.7 Å². The predicted octanol–water partition coefficient (Wildman–Crippen LogP) is 1.94. The van der Waals surface area contributed by atoms with Crippen LogP contribution in [0.15, 0.2) is 0 Å². The Morgan fingerprint density at radius 2 is 2.00 bits per heavy atom. The third-order valence-electron chi connectivity index (χ3n) is 3.33. The first-order chi connectivity index (χ1) is 6.81. The van der Waals surface area contributed by atoms with Crippen LogP contribution >= 0.6 is 0 Å². The van der Waals surface area contributed by atoms with Crippen LogP contribution in [0.3, 0.4) is 0 Å². The van der Waals surface area contributed by atoms with Crippen LogP contribution in [-0.2, 0) is 7.05 Å². The molecule has 0 amide bonds. The normalized spacial score (nSPS) is 11.9. The number of anilines is 2. The number of hydrogen-bond acceptors (Lipinski definition) is 3. The molecule has 86 valence electrons. The van der Waals surface area contributed by atoms with E-state index in [1.54, 1.807) is 0 Å². The Labute approximate surface area is 92.1 Å². The molecule has 0 saturated heterocycles. The standard InChI is InChI=1S/C11H22N4/c1-7-11(3,4)14(5)10-9(12)8(2)13-15(10)6/h7,12H2,1-6H3. The number of hydrogen-bond donors (Lipinski definition) is 1. The van der Waals surface area contributed by atoms with Gasteiger partial charge in [0.25, 0.3) is 0 Å².